The maximum absolute atomic E-state index is 11.4. The molecule has 2 aliphatic rings. The number of rotatable bonds is 6. The third-order valence-electron chi connectivity index (χ3n) is 5.95. The topological polar surface area (TPSA) is 143 Å². The summed E-state index contributed by atoms with van der Waals surface area (Å²) >= 11 is 0. The Morgan fingerprint density at radius 2 is 2.00 bits per heavy atom. The molecule has 0 amide bonds. The zero-order chi connectivity index (χ0) is 19.9. The number of nitrogen functional groups attached to an aromatic ring is 1. The highest BCUT2D eigenvalue weighted by molar-refractivity contribution is 5.89. The molecule has 27 heavy (non-hydrogen) atoms. The minimum Gasteiger partial charge on any atom is -0.384 e. The van der Waals surface area contributed by atoms with Gasteiger partial charge in [0.1, 0.15) is 17.3 Å². The van der Waals surface area contributed by atoms with Crippen molar-refractivity contribution >= 4 is 17.9 Å². The molecular formula is C19H30N6O2. The number of aliphatic hydroxyl groups is 1. The molecule has 1 aromatic heterocycles. The first-order chi connectivity index (χ1) is 12.6. The van der Waals surface area contributed by atoms with Crippen LogP contribution in [0.5, 0.6) is 0 Å². The first-order valence-corrected chi connectivity index (χ1v) is 9.47. The SMILES string of the molecule is CC(C)N/C(=C\C(=N)N)C1(O)CC2CC(c3nn(C)c(N)c3C=O)CC2C1. The van der Waals surface area contributed by atoms with E-state index in [1.807, 2.05) is 13.8 Å². The zero-order valence-electron chi connectivity index (χ0n) is 16.2. The summed E-state index contributed by atoms with van der Waals surface area (Å²) in [7, 11) is 1.75. The summed E-state index contributed by atoms with van der Waals surface area (Å²) in [6.45, 7) is 3.99. The lowest BCUT2D eigenvalue weighted by molar-refractivity contribution is 0.0673. The predicted molar refractivity (Wildman–Crippen MR) is 104 cm³/mol. The number of aromatic nitrogens is 2. The van der Waals surface area contributed by atoms with E-state index in [4.69, 9.17) is 16.9 Å². The monoisotopic (exact) mass is 374 g/mol. The van der Waals surface area contributed by atoms with E-state index in [9.17, 15) is 9.90 Å². The largest absolute Gasteiger partial charge is 0.384 e. The Morgan fingerprint density at radius 1 is 1.41 bits per heavy atom. The van der Waals surface area contributed by atoms with Crippen molar-refractivity contribution in [2.75, 3.05) is 5.73 Å². The Bertz CT molecular complexity index is 767. The fraction of sp³-hybridized carbons (Fsp3) is 0.632. The predicted octanol–water partition coefficient (Wildman–Crippen LogP) is 1.27. The minimum atomic E-state index is -0.993. The number of nitrogens with two attached hydrogens (primary N) is 2. The lowest BCUT2D eigenvalue weighted by atomic mass is 9.89. The number of nitrogens with zero attached hydrogens (tertiary/aromatic N) is 2. The van der Waals surface area contributed by atoms with E-state index in [0.29, 0.717) is 41.8 Å². The summed E-state index contributed by atoms with van der Waals surface area (Å²) in [5, 5.41) is 26.6. The molecule has 0 aromatic carbocycles. The average Bonchev–Trinajstić information content (AvgIpc) is 3.16. The Balaban J connectivity index is 1.78. The molecule has 0 aliphatic heterocycles. The molecule has 2 saturated carbocycles. The van der Waals surface area contributed by atoms with Gasteiger partial charge in [-0.3, -0.25) is 14.9 Å². The van der Waals surface area contributed by atoms with Crippen LogP contribution >= 0.6 is 0 Å². The number of carbonyl (C=O) groups excluding carboxylic acids is 1. The molecule has 2 atom stereocenters. The molecule has 7 N–H and O–H groups in total. The highest BCUT2D eigenvalue weighted by atomic mass is 16.3. The van der Waals surface area contributed by atoms with Crippen molar-refractivity contribution in [3.05, 3.63) is 23.0 Å². The molecule has 2 fully saturated rings. The van der Waals surface area contributed by atoms with Crippen molar-refractivity contribution < 1.29 is 9.90 Å². The van der Waals surface area contributed by atoms with E-state index in [-0.39, 0.29) is 17.8 Å². The van der Waals surface area contributed by atoms with Gasteiger partial charge in [0.2, 0.25) is 0 Å². The van der Waals surface area contributed by atoms with E-state index >= 15 is 0 Å². The van der Waals surface area contributed by atoms with Crippen molar-refractivity contribution in [2.24, 2.45) is 24.6 Å². The second-order valence-electron chi connectivity index (χ2n) is 8.37. The van der Waals surface area contributed by atoms with Crippen LogP contribution in [0.25, 0.3) is 0 Å². The minimum absolute atomic E-state index is 0.0684. The molecule has 0 radical (unpaired) electrons. The van der Waals surface area contributed by atoms with Gasteiger partial charge in [0.05, 0.1) is 11.3 Å². The molecule has 2 aliphatic carbocycles. The van der Waals surface area contributed by atoms with E-state index in [1.165, 1.54) is 6.08 Å². The number of fused-ring (bicyclic) bond motifs is 1. The van der Waals surface area contributed by atoms with Crippen molar-refractivity contribution in [3.63, 3.8) is 0 Å². The van der Waals surface area contributed by atoms with Crippen molar-refractivity contribution in [1.82, 2.24) is 15.1 Å². The molecule has 1 aromatic rings. The maximum Gasteiger partial charge on any atom is 0.155 e. The average molecular weight is 374 g/mol. The van der Waals surface area contributed by atoms with Gasteiger partial charge in [-0.25, -0.2) is 0 Å². The molecular weight excluding hydrogens is 344 g/mol. The number of hydrogen-bond donors (Lipinski definition) is 5. The third kappa shape index (κ3) is 3.58. The molecule has 0 saturated heterocycles. The van der Waals surface area contributed by atoms with Crippen LogP contribution in [0.2, 0.25) is 0 Å². The fourth-order valence-corrected chi connectivity index (χ4v) is 4.88. The van der Waals surface area contributed by atoms with Gasteiger partial charge in [0, 0.05) is 30.8 Å². The van der Waals surface area contributed by atoms with Gasteiger partial charge in [-0.05, 0) is 51.4 Å². The van der Waals surface area contributed by atoms with Gasteiger partial charge in [-0.2, -0.15) is 5.10 Å². The number of nitrogens with one attached hydrogen (secondary N) is 2. The lowest BCUT2D eigenvalue weighted by Crippen LogP contribution is -2.40. The summed E-state index contributed by atoms with van der Waals surface area (Å²) < 4.78 is 1.56. The maximum atomic E-state index is 11.4. The normalized spacial score (nSPS) is 30.6. The number of carbonyl (C=O) groups is 1. The standard InChI is InChI=1S/C19H30N6O2/c1-10(2)23-15(6-16(20)21)19(27)7-12-4-11(5-13(12)8-19)17-14(9-26)18(22)25(3)24-17/h6,9-13,23,27H,4-5,7-8,22H2,1-3H3,(H3,20,21)/b15-6-. The molecule has 1 heterocycles. The van der Waals surface area contributed by atoms with Gasteiger partial charge >= 0.3 is 0 Å². The quantitative estimate of drug-likeness (QED) is 0.288. The smallest absolute Gasteiger partial charge is 0.155 e. The van der Waals surface area contributed by atoms with Crippen molar-refractivity contribution in [3.8, 4) is 0 Å². The van der Waals surface area contributed by atoms with Crippen LogP contribution in [0.3, 0.4) is 0 Å². The van der Waals surface area contributed by atoms with Crippen LogP contribution in [0.1, 0.15) is 61.5 Å². The number of hydrogen-bond acceptors (Lipinski definition) is 6. The summed E-state index contributed by atoms with van der Waals surface area (Å²) in [4.78, 5) is 11.4. The van der Waals surface area contributed by atoms with E-state index in [2.05, 4.69) is 10.4 Å². The van der Waals surface area contributed by atoms with Gasteiger partial charge in [0.15, 0.2) is 6.29 Å². The molecule has 8 nitrogen and oxygen atoms in total. The van der Waals surface area contributed by atoms with Crippen LogP contribution < -0.4 is 16.8 Å². The number of aldehydes is 1. The van der Waals surface area contributed by atoms with Gasteiger partial charge < -0.3 is 21.9 Å². The Kier molecular flexibility index (Phi) is 5.03. The van der Waals surface area contributed by atoms with E-state index in [0.717, 1.165) is 24.8 Å². The molecule has 0 spiro atoms. The van der Waals surface area contributed by atoms with E-state index in [1.54, 1.807) is 11.7 Å². The summed E-state index contributed by atoms with van der Waals surface area (Å²) in [6.07, 6.45) is 5.31. The van der Waals surface area contributed by atoms with Gasteiger partial charge in [-0.15, -0.1) is 0 Å². The van der Waals surface area contributed by atoms with Crippen LogP contribution in [-0.4, -0.2) is 38.7 Å². The van der Waals surface area contributed by atoms with Gasteiger partial charge in [-0.1, -0.05) is 0 Å². The Labute approximate surface area is 159 Å². The van der Waals surface area contributed by atoms with Crippen LogP contribution in [-0.2, 0) is 7.05 Å². The van der Waals surface area contributed by atoms with Crippen molar-refractivity contribution in [2.45, 2.75) is 57.1 Å². The molecule has 148 valence electrons. The molecule has 0 bridgehead atoms. The van der Waals surface area contributed by atoms with E-state index < -0.39 is 5.60 Å². The molecule has 2 unspecified atom stereocenters. The third-order valence-corrected chi connectivity index (χ3v) is 5.95. The fourth-order valence-electron chi connectivity index (χ4n) is 4.88. The number of aryl methyl sites for hydroxylation is 1. The van der Waals surface area contributed by atoms with Crippen LogP contribution in [0.15, 0.2) is 11.8 Å². The molecule has 3 rings (SSSR count). The summed E-state index contributed by atoms with van der Waals surface area (Å²) in [5.41, 5.74) is 12.4. The van der Waals surface area contributed by atoms with Crippen LogP contribution in [0, 0.1) is 17.2 Å². The van der Waals surface area contributed by atoms with Gasteiger partial charge in [0.25, 0.3) is 0 Å². The highest BCUT2D eigenvalue weighted by Crippen LogP contribution is 2.55. The Morgan fingerprint density at radius 3 is 2.48 bits per heavy atom. The highest BCUT2D eigenvalue weighted by Gasteiger charge is 2.51. The second kappa shape index (κ2) is 6.99. The molecule has 8 heteroatoms. The lowest BCUT2D eigenvalue weighted by Gasteiger charge is -2.30. The summed E-state index contributed by atoms with van der Waals surface area (Å²) in [6, 6.07) is 0.138. The second-order valence-corrected chi connectivity index (χ2v) is 8.37. The number of amidine groups is 1. The Hall–Kier alpha value is -2.35. The van der Waals surface area contributed by atoms with Crippen LogP contribution in [0.4, 0.5) is 5.82 Å². The van der Waals surface area contributed by atoms with Crippen molar-refractivity contribution in [1.29, 1.82) is 5.41 Å². The zero-order valence-corrected chi connectivity index (χ0v) is 16.2. The first kappa shape index (κ1) is 19.4. The number of anilines is 1. The summed E-state index contributed by atoms with van der Waals surface area (Å²) in [5.74, 6) is 1.20. The first-order valence-electron chi connectivity index (χ1n) is 9.47.